The lowest BCUT2D eigenvalue weighted by molar-refractivity contribution is -0.122. The summed E-state index contributed by atoms with van der Waals surface area (Å²) in [4.78, 5) is 23.0. The van der Waals surface area contributed by atoms with Gasteiger partial charge in [0.15, 0.2) is 0 Å². The third kappa shape index (κ3) is 7.21. The Kier molecular flexibility index (Phi) is 7.27. The first kappa shape index (κ1) is 15.2. The average molecular weight is 263 g/mol. The predicted octanol–water partition coefficient (Wildman–Crippen LogP) is 0.0710. The van der Waals surface area contributed by atoms with Gasteiger partial charge >= 0.3 is 0 Å². The highest BCUT2D eigenvalue weighted by atomic mass is 16.2. The van der Waals surface area contributed by atoms with E-state index in [0.29, 0.717) is 25.9 Å². The predicted molar refractivity (Wildman–Crippen MR) is 74.7 cm³/mol. The number of carbonyl (C=O) groups excluding carboxylic acids is 2. The minimum atomic E-state index is -0.0609. The zero-order valence-corrected chi connectivity index (χ0v) is 11.2. The molecule has 0 aliphatic heterocycles. The molecule has 5 heteroatoms. The Morgan fingerprint density at radius 2 is 1.63 bits per heavy atom. The van der Waals surface area contributed by atoms with E-state index in [4.69, 9.17) is 0 Å². The first-order valence-electron chi connectivity index (χ1n) is 6.44. The Morgan fingerprint density at radius 3 is 2.32 bits per heavy atom. The van der Waals surface area contributed by atoms with Gasteiger partial charge in [0.1, 0.15) is 0 Å². The van der Waals surface area contributed by atoms with Crippen LogP contribution in [0.3, 0.4) is 0 Å². The molecule has 0 aromatic heterocycles. The second-order valence-corrected chi connectivity index (χ2v) is 4.22. The quantitative estimate of drug-likeness (QED) is 0.581. The molecule has 104 valence electrons. The van der Waals surface area contributed by atoms with Crippen LogP contribution in [0.5, 0.6) is 0 Å². The maximum atomic E-state index is 11.6. The highest BCUT2D eigenvalue weighted by molar-refractivity contribution is 5.80. The molecule has 0 saturated heterocycles. The Balaban J connectivity index is 2.12. The first-order valence-corrected chi connectivity index (χ1v) is 6.44. The average Bonchev–Trinajstić information content (AvgIpc) is 2.40. The molecule has 1 aromatic carbocycles. The smallest absolute Gasteiger partial charge is 0.224 e. The van der Waals surface area contributed by atoms with Crippen LogP contribution in [0, 0.1) is 0 Å². The molecule has 0 spiro atoms. The minimum Gasteiger partial charge on any atom is -0.355 e. The van der Waals surface area contributed by atoms with Crippen LogP contribution in [-0.4, -0.2) is 38.5 Å². The topological polar surface area (TPSA) is 70.2 Å². The zero-order valence-electron chi connectivity index (χ0n) is 11.2. The normalized spacial score (nSPS) is 9.95. The van der Waals surface area contributed by atoms with Crippen molar-refractivity contribution in [1.82, 2.24) is 16.0 Å². The Bertz CT molecular complexity index is 393. The fourth-order valence-electron chi connectivity index (χ4n) is 1.57. The number of nitrogens with one attached hydrogen (secondary N) is 3. The number of benzene rings is 1. The van der Waals surface area contributed by atoms with Crippen LogP contribution in [0.2, 0.25) is 0 Å². The Morgan fingerprint density at radius 1 is 0.947 bits per heavy atom. The molecule has 2 amide bonds. The Labute approximate surface area is 113 Å². The summed E-state index contributed by atoms with van der Waals surface area (Å²) >= 11 is 0. The van der Waals surface area contributed by atoms with E-state index in [1.54, 1.807) is 0 Å². The van der Waals surface area contributed by atoms with E-state index in [0.717, 1.165) is 12.1 Å². The molecule has 3 N–H and O–H groups in total. The van der Waals surface area contributed by atoms with E-state index in [2.05, 4.69) is 16.0 Å². The van der Waals surface area contributed by atoms with Gasteiger partial charge in [-0.15, -0.1) is 0 Å². The van der Waals surface area contributed by atoms with Gasteiger partial charge in [-0.3, -0.25) is 9.59 Å². The van der Waals surface area contributed by atoms with Crippen LogP contribution >= 0.6 is 0 Å². The number of amides is 2. The van der Waals surface area contributed by atoms with Gasteiger partial charge < -0.3 is 16.0 Å². The second-order valence-electron chi connectivity index (χ2n) is 4.22. The van der Waals surface area contributed by atoms with Gasteiger partial charge in [-0.2, -0.15) is 0 Å². The summed E-state index contributed by atoms with van der Waals surface area (Å²) in [5.74, 6) is -0.107. The molecule has 0 saturated carbocycles. The fraction of sp³-hybridized carbons (Fsp3) is 0.429. The summed E-state index contributed by atoms with van der Waals surface area (Å²) < 4.78 is 0. The highest BCUT2D eigenvalue weighted by Gasteiger charge is 2.04. The van der Waals surface area contributed by atoms with E-state index in [9.17, 15) is 9.59 Å². The van der Waals surface area contributed by atoms with Crippen molar-refractivity contribution in [2.24, 2.45) is 0 Å². The number of carbonyl (C=O) groups is 2. The molecule has 0 fully saturated rings. The van der Waals surface area contributed by atoms with Gasteiger partial charge in [-0.25, -0.2) is 0 Å². The standard InChI is InChI=1S/C14H21N3O2/c1-15-9-10-17-13(18)7-8-16-14(19)11-12-5-3-2-4-6-12/h2-6,15H,7-11H2,1H3,(H,16,19)(H,17,18). The van der Waals surface area contributed by atoms with E-state index < -0.39 is 0 Å². The van der Waals surface area contributed by atoms with Gasteiger partial charge in [0.2, 0.25) is 11.8 Å². The summed E-state index contributed by atoms with van der Waals surface area (Å²) in [5.41, 5.74) is 0.971. The molecule has 0 radical (unpaired) electrons. The molecule has 1 aromatic rings. The van der Waals surface area contributed by atoms with E-state index in [1.165, 1.54) is 0 Å². The lowest BCUT2D eigenvalue weighted by Gasteiger charge is -2.06. The van der Waals surface area contributed by atoms with Crippen LogP contribution in [0.15, 0.2) is 30.3 Å². The molecule has 1 rings (SSSR count). The largest absolute Gasteiger partial charge is 0.355 e. The lowest BCUT2D eigenvalue weighted by Crippen LogP contribution is -2.34. The van der Waals surface area contributed by atoms with Crippen molar-refractivity contribution >= 4 is 11.8 Å². The van der Waals surface area contributed by atoms with Crippen molar-refractivity contribution in [1.29, 1.82) is 0 Å². The van der Waals surface area contributed by atoms with Gasteiger partial charge in [0.05, 0.1) is 6.42 Å². The molecule has 0 aliphatic rings. The molecule has 5 nitrogen and oxygen atoms in total. The maximum Gasteiger partial charge on any atom is 0.224 e. The molecular formula is C14H21N3O2. The summed E-state index contributed by atoms with van der Waals surface area (Å²) in [6, 6.07) is 9.53. The van der Waals surface area contributed by atoms with Crippen LogP contribution in [0.1, 0.15) is 12.0 Å². The molecule has 0 aliphatic carbocycles. The van der Waals surface area contributed by atoms with Gasteiger partial charge in [-0.05, 0) is 12.6 Å². The first-order chi connectivity index (χ1) is 9.22. The van der Waals surface area contributed by atoms with Crippen LogP contribution in [-0.2, 0) is 16.0 Å². The second kappa shape index (κ2) is 9.10. The molecular weight excluding hydrogens is 242 g/mol. The molecule has 0 bridgehead atoms. The van der Waals surface area contributed by atoms with E-state index in [-0.39, 0.29) is 11.8 Å². The van der Waals surface area contributed by atoms with Crippen molar-refractivity contribution in [2.45, 2.75) is 12.8 Å². The Hall–Kier alpha value is -1.88. The number of rotatable bonds is 8. The van der Waals surface area contributed by atoms with E-state index in [1.807, 2.05) is 37.4 Å². The summed E-state index contributed by atoms with van der Waals surface area (Å²) in [6.07, 6.45) is 0.659. The highest BCUT2D eigenvalue weighted by Crippen LogP contribution is 1.98. The molecule has 0 atom stereocenters. The summed E-state index contributed by atoms with van der Waals surface area (Å²) in [5, 5.41) is 8.43. The summed E-state index contributed by atoms with van der Waals surface area (Å²) in [6.45, 7) is 1.72. The van der Waals surface area contributed by atoms with Crippen molar-refractivity contribution in [3.05, 3.63) is 35.9 Å². The van der Waals surface area contributed by atoms with Crippen molar-refractivity contribution in [3.8, 4) is 0 Å². The number of likely N-dealkylation sites (N-methyl/N-ethyl adjacent to an activating group) is 1. The third-order valence-corrected chi connectivity index (χ3v) is 2.58. The fourth-order valence-corrected chi connectivity index (χ4v) is 1.57. The zero-order chi connectivity index (χ0) is 13.9. The lowest BCUT2D eigenvalue weighted by atomic mass is 10.1. The summed E-state index contributed by atoms with van der Waals surface area (Å²) in [7, 11) is 1.83. The maximum absolute atomic E-state index is 11.6. The molecule has 0 unspecified atom stereocenters. The molecule has 0 heterocycles. The van der Waals surface area contributed by atoms with Gasteiger partial charge in [-0.1, -0.05) is 30.3 Å². The minimum absolute atomic E-state index is 0.0461. The number of hydrogen-bond donors (Lipinski definition) is 3. The SMILES string of the molecule is CNCCNC(=O)CCNC(=O)Cc1ccccc1. The molecule has 19 heavy (non-hydrogen) atoms. The van der Waals surface area contributed by atoms with Crippen LogP contribution in [0.4, 0.5) is 0 Å². The van der Waals surface area contributed by atoms with Crippen molar-refractivity contribution in [2.75, 3.05) is 26.7 Å². The van der Waals surface area contributed by atoms with Crippen LogP contribution in [0.25, 0.3) is 0 Å². The van der Waals surface area contributed by atoms with Crippen LogP contribution < -0.4 is 16.0 Å². The third-order valence-electron chi connectivity index (χ3n) is 2.58. The van der Waals surface area contributed by atoms with Gasteiger partial charge in [0.25, 0.3) is 0 Å². The van der Waals surface area contributed by atoms with Gasteiger partial charge in [0, 0.05) is 26.1 Å². The monoisotopic (exact) mass is 263 g/mol. The van der Waals surface area contributed by atoms with Crippen molar-refractivity contribution in [3.63, 3.8) is 0 Å². The van der Waals surface area contributed by atoms with E-state index >= 15 is 0 Å². The number of hydrogen-bond acceptors (Lipinski definition) is 3. The van der Waals surface area contributed by atoms with Crippen molar-refractivity contribution < 1.29 is 9.59 Å².